The highest BCUT2D eigenvalue weighted by Crippen LogP contribution is 2.65. The average Bonchev–Trinajstić information content (AvgIpc) is 2.70. The van der Waals surface area contributed by atoms with Crippen molar-refractivity contribution in [3.05, 3.63) is 17.1 Å². The zero-order valence-corrected chi connectivity index (χ0v) is 13.4. The monoisotopic (exact) mass is 311 g/mol. The molecule has 0 fully saturated rings. The Hall–Kier alpha value is -0.536. The number of carbonyl (C=O) groups excluding carboxylic acids is 1. The lowest BCUT2D eigenvalue weighted by molar-refractivity contribution is -0.120. The van der Waals surface area contributed by atoms with Gasteiger partial charge in [0.25, 0.3) is 6.13 Å². The fraction of sp³-hybridized carbons (Fsp3) is 0.250. The van der Waals surface area contributed by atoms with E-state index in [1.807, 2.05) is 0 Å². The number of allylic oxidation sites excluding steroid dienone is 1. The zero-order valence-electron chi connectivity index (χ0n) is 12.6. The summed E-state index contributed by atoms with van der Waals surface area (Å²) in [6, 6.07) is 0. The third kappa shape index (κ3) is 1.67. The first kappa shape index (κ1) is 18.3. The first-order valence-electron chi connectivity index (χ1n) is 6.93. The van der Waals surface area contributed by atoms with Gasteiger partial charge < -0.3 is 5.73 Å². The van der Waals surface area contributed by atoms with E-state index in [9.17, 15) is 4.79 Å². The van der Waals surface area contributed by atoms with E-state index < -0.39 is 27.9 Å². The molecule has 2 atom stereocenters. The van der Waals surface area contributed by atoms with Gasteiger partial charge in [-0.2, -0.15) is 11.5 Å². The number of fused-ring (bicyclic) bond motifs is 3. The summed E-state index contributed by atoms with van der Waals surface area (Å²) in [6.45, 7) is 0. The largest absolute Gasteiger partial charge is 0.316 e. The van der Waals surface area contributed by atoms with Crippen molar-refractivity contribution in [2.45, 2.75) is 16.0 Å². The maximum absolute atomic E-state index is 12.8. The number of hydrogen-bond donors (Lipinski definition) is 1. The number of nitrogens with two attached hydrogens (primary N) is 1. The quantitative estimate of drug-likeness (QED) is 0.486. The summed E-state index contributed by atoms with van der Waals surface area (Å²) in [5, 5.41) is -3.83. The predicted molar refractivity (Wildman–Crippen MR) is 107 cm³/mol. The van der Waals surface area contributed by atoms with Crippen LogP contribution in [0.3, 0.4) is 0 Å². The van der Waals surface area contributed by atoms with Crippen LogP contribution in [0.25, 0.3) is 0 Å². The van der Waals surface area contributed by atoms with Gasteiger partial charge in [0.1, 0.15) is 39.2 Å². The Balaban J connectivity index is 2.53. The van der Waals surface area contributed by atoms with E-state index in [1.165, 1.54) is 0 Å². The molecule has 1 aliphatic heterocycles. The van der Waals surface area contributed by atoms with Gasteiger partial charge in [-0.25, -0.2) is 0 Å². The van der Waals surface area contributed by atoms with E-state index in [1.54, 1.807) is 0 Å². The number of benzene rings is 1. The molecule has 1 aromatic carbocycles. The van der Waals surface area contributed by atoms with Crippen LogP contribution in [0.1, 0.15) is 5.56 Å². The van der Waals surface area contributed by atoms with E-state index >= 15 is 0 Å². The van der Waals surface area contributed by atoms with Crippen LogP contribution in [0.4, 0.5) is 0 Å². The van der Waals surface area contributed by atoms with Crippen LogP contribution < -0.4 is 33.0 Å². The number of halogens is 1. The molecule has 2 aliphatic rings. The maximum atomic E-state index is 12.8. The lowest BCUT2D eigenvalue weighted by atomic mass is 9.17. The molecule has 12 heteroatoms. The van der Waals surface area contributed by atoms with Crippen LogP contribution in [0.5, 0.6) is 0 Å². The van der Waals surface area contributed by atoms with E-state index in [4.69, 9.17) is 80.0 Å². The molecular formula is C12H3B9ClNO. The van der Waals surface area contributed by atoms with Crippen molar-refractivity contribution < 1.29 is 4.79 Å². The van der Waals surface area contributed by atoms with Gasteiger partial charge in [0, 0.05) is 0 Å². The minimum atomic E-state index is -1.97. The third-order valence-electron chi connectivity index (χ3n) is 5.24. The number of ketones is 1. The van der Waals surface area contributed by atoms with Crippen molar-refractivity contribution in [1.82, 2.24) is 0 Å². The summed E-state index contributed by atoms with van der Waals surface area (Å²) in [6.07, 6.45) is -0.166. The highest BCUT2D eigenvalue weighted by atomic mass is 35.5. The molecule has 24 heavy (non-hydrogen) atoms. The highest BCUT2D eigenvalue weighted by Gasteiger charge is 2.69. The lowest BCUT2D eigenvalue weighted by Crippen LogP contribution is -2.64. The predicted octanol–water partition coefficient (Wildman–Crippen LogP) is -5.58. The summed E-state index contributed by atoms with van der Waals surface area (Å²) in [4.78, 5) is 12.8. The Morgan fingerprint density at radius 3 is 2.00 bits per heavy atom. The third-order valence-corrected chi connectivity index (χ3v) is 5.80. The molecule has 0 saturated heterocycles. The number of hydrogen-bond acceptors (Lipinski definition) is 2. The van der Waals surface area contributed by atoms with Gasteiger partial charge in [0.05, 0.1) is 29.1 Å². The van der Waals surface area contributed by atoms with E-state index in [2.05, 4.69) is 0 Å². The van der Waals surface area contributed by atoms with Crippen molar-refractivity contribution in [3.8, 4) is 0 Å². The van der Waals surface area contributed by atoms with Crippen LogP contribution >= 0.6 is 11.5 Å². The van der Waals surface area contributed by atoms with Crippen molar-refractivity contribution >= 4 is 113 Å². The molecule has 2 nitrogen and oxygen atoms in total. The van der Waals surface area contributed by atoms with Crippen molar-refractivity contribution in [2.75, 3.05) is 0 Å². The van der Waals surface area contributed by atoms with Crippen LogP contribution in [0, 0.1) is 0 Å². The molecule has 2 N–H and O–H groups in total. The Bertz CT molecular complexity index is 841. The number of rotatable bonds is 0. The van der Waals surface area contributed by atoms with E-state index in [0.29, 0.717) is 0 Å². The molecule has 1 aromatic rings. The molecule has 1 heterocycles. The summed E-state index contributed by atoms with van der Waals surface area (Å²) in [5.74, 6) is -0.659. The first-order valence-corrected chi connectivity index (χ1v) is 7.36. The second kappa shape index (κ2) is 5.01. The molecule has 2 unspecified atom stereocenters. The Kier molecular flexibility index (Phi) is 3.81. The molecule has 96 valence electrons. The van der Waals surface area contributed by atoms with Crippen LogP contribution in [-0.2, 0) is 10.3 Å². The second-order valence-electron chi connectivity index (χ2n) is 6.32. The molecule has 0 spiro atoms. The van der Waals surface area contributed by atoms with Crippen molar-refractivity contribution in [3.63, 3.8) is 0 Å². The summed E-state index contributed by atoms with van der Waals surface area (Å²) < 4.78 is 0. The molecule has 0 amide bonds. The van der Waals surface area contributed by atoms with Gasteiger partial charge in [0.2, 0.25) is 0 Å². The Morgan fingerprint density at radius 1 is 0.958 bits per heavy atom. The van der Waals surface area contributed by atoms with Crippen molar-refractivity contribution in [2.24, 2.45) is 5.73 Å². The van der Waals surface area contributed by atoms with Crippen LogP contribution in [-0.4, -0.2) is 74.7 Å². The van der Waals surface area contributed by atoms with E-state index in [-0.39, 0.29) is 38.3 Å². The van der Waals surface area contributed by atoms with Gasteiger partial charge in [0.15, 0.2) is 5.78 Å². The summed E-state index contributed by atoms with van der Waals surface area (Å²) in [7, 11) is 48.4. The Labute approximate surface area is 157 Å². The maximum Gasteiger partial charge on any atom is 0.282 e. The van der Waals surface area contributed by atoms with Gasteiger partial charge in [-0.3, -0.25) is 4.79 Å². The molecule has 0 saturated carbocycles. The summed E-state index contributed by atoms with van der Waals surface area (Å²) >= 11 is 6.53. The fourth-order valence-corrected chi connectivity index (χ4v) is 4.23. The van der Waals surface area contributed by atoms with Gasteiger partial charge in [-0.15, -0.1) is 21.9 Å². The molecule has 0 bridgehead atoms. The zero-order chi connectivity index (χ0) is 18.4. The Morgan fingerprint density at radius 2 is 1.46 bits per heavy atom. The molecule has 0 aromatic heterocycles. The first-order chi connectivity index (χ1) is 10.8. The molecule has 1 aliphatic carbocycles. The highest BCUT2D eigenvalue weighted by molar-refractivity contribution is 7.21. The minimum Gasteiger partial charge on any atom is -0.316 e. The molecular weight excluding hydrogens is 307 g/mol. The average molecular weight is 310 g/mol. The molecule has 3 rings (SSSR count). The molecule has 16 radical (unpaired) electrons. The smallest absolute Gasteiger partial charge is 0.282 e. The normalized spacial score (nSPS) is 30.7. The summed E-state index contributed by atoms with van der Waals surface area (Å²) in [5.41, 5.74) is 4.50. The standard InChI is InChI=1S/C12H3B9ClNO/c13-2-1-3(24)10(23)4-5(14)6(15)7(16)8(17)9(4)21(22)12(10,20)11(2,18)19/h1H,23H2. The van der Waals surface area contributed by atoms with Gasteiger partial charge >= 0.3 is 0 Å². The topological polar surface area (TPSA) is 43.1 Å². The van der Waals surface area contributed by atoms with Gasteiger partial charge in [-0.1, -0.05) is 16.1 Å². The second-order valence-corrected chi connectivity index (χ2v) is 6.75. The number of carbonyl (C=O) groups is 1. The fourth-order valence-electron chi connectivity index (χ4n) is 3.65. The minimum absolute atomic E-state index is 0.00997. The lowest BCUT2D eigenvalue weighted by Gasteiger charge is -2.57. The van der Waals surface area contributed by atoms with E-state index in [0.717, 1.165) is 6.08 Å². The van der Waals surface area contributed by atoms with Crippen molar-refractivity contribution in [1.29, 1.82) is 0 Å². The van der Waals surface area contributed by atoms with Crippen LogP contribution in [0.15, 0.2) is 11.5 Å². The van der Waals surface area contributed by atoms with Gasteiger partial charge in [-0.05, 0) is 16.9 Å². The van der Waals surface area contributed by atoms with Crippen LogP contribution in [0.2, 0.25) is 10.4 Å². The SMILES string of the molecule is [B]C1=CC(=O)C2(N)c3c([B])c([B])c([B])c([B])c3B(Cl)C2([B])C1([B])[B].